The molecular weight excluding hydrogens is 312 g/mol. The Labute approximate surface area is 139 Å². The fourth-order valence-corrected chi connectivity index (χ4v) is 1.35. The summed E-state index contributed by atoms with van der Waals surface area (Å²) in [7, 11) is 0. The van der Waals surface area contributed by atoms with Crippen LogP contribution in [-0.2, 0) is 9.47 Å². The Balaban J connectivity index is 0.000000307. The molecule has 0 saturated heterocycles. The second-order valence-corrected chi connectivity index (χ2v) is 3.90. The maximum absolute atomic E-state index is 11.3. The Bertz CT molecular complexity index is 596. The van der Waals surface area contributed by atoms with Crippen molar-refractivity contribution in [2.75, 3.05) is 0 Å². The van der Waals surface area contributed by atoms with Gasteiger partial charge in [0, 0.05) is 0 Å². The van der Waals surface area contributed by atoms with E-state index in [1.54, 1.807) is 48.5 Å². The van der Waals surface area contributed by atoms with Gasteiger partial charge in [-0.05, 0) is 24.3 Å². The molecule has 0 aliphatic carbocycles. The van der Waals surface area contributed by atoms with Gasteiger partial charge in [0.15, 0.2) is 0 Å². The molecule has 0 aliphatic heterocycles. The second-order valence-electron chi connectivity index (χ2n) is 3.90. The molecular formula is C18H16O6. The zero-order valence-corrected chi connectivity index (χ0v) is 12.8. The van der Waals surface area contributed by atoms with E-state index in [1.165, 1.54) is 0 Å². The zero-order valence-electron chi connectivity index (χ0n) is 12.8. The van der Waals surface area contributed by atoms with Crippen LogP contribution in [0.4, 0.5) is 9.59 Å². The van der Waals surface area contributed by atoms with Gasteiger partial charge < -0.3 is 18.9 Å². The Morgan fingerprint density at radius 2 is 1.04 bits per heavy atom. The van der Waals surface area contributed by atoms with E-state index in [4.69, 9.17) is 9.47 Å². The Morgan fingerprint density at radius 1 is 0.667 bits per heavy atom. The maximum Gasteiger partial charge on any atom is 0.519 e. The van der Waals surface area contributed by atoms with Crippen molar-refractivity contribution < 1.29 is 28.5 Å². The first-order valence-electron chi connectivity index (χ1n) is 6.74. The first-order valence-corrected chi connectivity index (χ1v) is 6.74. The normalized spacial score (nSPS) is 8.67. The van der Waals surface area contributed by atoms with E-state index in [0.29, 0.717) is 11.5 Å². The number of carbonyl (C=O) groups is 2. The number of benzene rings is 2. The molecule has 0 heterocycles. The van der Waals surface area contributed by atoms with Gasteiger partial charge in [-0.25, -0.2) is 9.59 Å². The van der Waals surface area contributed by atoms with Crippen molar-refractivity contribution in [1.82, 2.24) is 0 Å². The molecule has 124 valence electrons. The summed E-state index contributed by atoms with van der Waals surface area (Å²) in [6.45, 7) is 6.25. The van der Waals surface area contributed by atoms with Gasteiger partial charge in [-0.1, -0.05) is 49.6 Å². The lowest BCUT2D eigenvalue weighted by Crippen LogP contribution is -2.13. The van der Waals surface area contributed by atoms with Gasteiger partial charge in [0.1, 0.15) is 11.5 Å². The van der Waals surface area contributed by atoms with Gasteiger partial charge >= 0.3 is 12.3 Å². The van der Waals surface area contributed by atoms with Crippen LogP contribution in [0.3, 0.4) is 0 Å². The molecule has 0 N–H and O–H groups in total. The van der Waals surface area contributed by atoms with Crippen molar-refractivity contribution in [3.63, 3.8) is 0 Å². The predicted octanol–water partition coefficient (Wildman–Crippen LogP) is 4.69. The monoisotopic (exact) mass is 328 g/mol. The highest BCUT2D eigenvalue weighted by atomic mass is 16.7. The fraction of sp³-hybridized carbons (Fsp3) is 0. The number of hydrogen-bond donors (Lipinski definition) is 0. The molecule has 0 atom stereocenters. The number of para-hydroxylation sites is 2. The minimum absolute atomic E-state index is 0.462. The highest BCUT2D eigenvalue weighted by Gasteiger charge is 2.06. The molecule has 0 aromatic heterocycles. The average Bonchev–Trinajstić information content (AvgIpc) is 2.58. The highest BCUT2D eigenvalue weighted by Crippen LogP contribution is 2.12. The van der Waals surface area contributed by atoms with Crippen molar-refractivity contribution >= 4 is 12.3 Å². The summed E-state index contributed by atoms with van der Waals surface area (Å²) in [5.41, 5.74) is 0. The minimum atomic E-state index is -0.824. The fourth-order valence-electron chi connectivity index (χ4n) is 1.35. The highest BCUT2D eigenvalue weighted by molar-refractivity contribution is 5.66. The molecule has 6 nitrogen and oxygen atoms in total. The molecule has 0 bridgehead atoms. The second kappa shape index (κ2) is 11.1. The quantitative estimate of drug-likeness (QED) is 0.460. The summed E-state index contributed by atoms with van der Waals surface area (Å²) < 4.78 is 18.1. The Hall–Kier alpha value is -3.54. The van der Waals surface area contributed by atoms with Gasteiger partial charge in [0.25, 0.3) is 0 Å². The van der Waals surface area contributed by atoms with E-state index < -0.39 is 12.3 Å². The third kappa shape index (κ3) is 8.04. The average molecular weight is 328 g/mol. The van der Waals surface area contributed by atoms with Gasteiger partial charge in [-0.15, -0.1) is 0 Å². The van der Waals surface area contributed by atoms with Gasteiger partial charge in [-0.3, -0.25) is 0 Å². The standard InChI is InChI=1S/C13H10O3.C5H6O3/c14-13(15-11-7-3-1-4-8-11)16-12-9-5-2-6-10-12;1-3-7-5(6)8-4-2/h1-10H;3-4H,1-2H2. The van der Waals surface area contributed by atoms with Crippen molar-refractivity contribution in [3.05, 3.63) is 86.3 Å². The van der Waals surface area contributed by atoms with E-state index in [1.807, 2.05) is 12.1 Å². The first-order chi connectivity index (χ1) is 11.7. The minimum Gasteiger partial charge on any atom is -0.403 e. The lowest BCUT2D eigenvalue weighted by atomic mass is 10.3. The Morgan fingerprint density at radius 3 is 1.38 bits per heavy atom. The smallest absolute Gasteiger partial charge is 0.403 e. The number of ether oxygens (including phenoxy) is 4. The molecule has 24 heavy (non-hydrogen) atoms. The van der Waals surface area contributed by atoms with Gasteiger partial charge in [-0.2, -0.15) is 0 Å². The van der Waals surface area contributed by atoms with E-state index in [2.05, 4.69) is 22.6 Å². The van der Waals surface area contributed by atoms with Crippen LogP contribution in [0.1, 0.15) is 0 Å². The van der Waals surface area contributed by atoms with E-state index in [0.717, 1.165) is 12.5 Å². The van der Waals surface area contributed by atoms with Crippen LogP contribution in [0.2, 0.25) is 0 Å². The Kier molecular flexibility index (Phi) is 8.55. The van der Waals surface area contributed by atoms with Crippen molar-refractivity contribution in [1.29, 1.82) is 0 Å². The molecule has 0 radical (unpaired) electrons. The van der Waals surface area contributed by atoms with E-state index >= 15 is 0 Å². The van der Waals surface area contributed by atoms with E-state index in [-0.39, 0.29) is 0 Å². The first kappa shape index (κ1) is 18.5. The molecule has 0 spiro atoms. The SMILES string of the molecule is C=COC(=O)OC=C.O=C(Oc1ccccc1)Oc1ccccc1. The van der Waals surface area contributed by atoms with Crippen LogP contribution >= 0.6 is 0 Å². The van der Waals surface area contributed by atoms with Gasteiger partial charge in [0.2, 0.25) is 0 Å². The number of hydrogen-bond acceptors (Lipinski definition) is 6. The lowest BCUT2D eigenvalue weighted by Gasteiger charge is -2.04. The summed E-state index contributed by atoms with van der Waals surface area (Å²) in [4.78, 5) is 21.4. The van der Waals surface area contributed by atoms with Crippen molar-refractivity contribution in [2.24, 2.45) is 0 Å². The molecule has 0 aliphatic rings. The molecule has 2 aromatic carbocycles. The molecule has 0 saturated carbocycles. The van der Waals surface area contributed by atoms with Crippen LogP contribution in [0.25, 0.3) is 0 Å². The molecule has 6 heteroatoms. The molecule has 2 rings (SSSR count). The summed E-state index contributed by atoms with van der Waals surface area (Å²) in [6, 6.07) is 17.6. The van der Waals surface area contributed by atoms with Crippen molar-refractivity contribution in [2.45, 2.75) is 0 Å². The van der Waals surface area contributed by atoms with E-state index in [9.17, 15) is 9.59 Å². The lowest BCUT2D eigenvalue weighted by molar-refractivity contribution is 0.120. The van der Waals surface area contributed by atoms with Crippen molar-refractivity contribution in [3.8, 4) is 11.5 Å². The molecule has 2 aromatic rings. The van der Waals surface area contributed by atoms with Crippen LogP contribution in [0, 0.1) is 0 Å². The van der Waals surface area contributed by atoms with Crippen LogP contribution in [0.5, 0.6) is 11.5 Å². The van der Waals surface area contributed by atoms with Gasteiger partial charge in [0.05, 0.1) is 12.5 Å². The molecule has 0 unspecified atom stereocenters. The number of rotatable bonds is 4. The zero-order chi connectivity index (χ0) is 17.6. The maximum atomic E-state index is 11.3. The summed E-state index contributed by atoms with van der Waals surface area (Å²) >= 11 is 0. The topological polar surface area (TPSA) is 71.1 Å². The largest absolute Gasteiger partial charge is 0.519 e. The predicted molar refractivity (Wildman–Crippen MR) is 87.5 cm³/mol. The summed E-state index contributed by atoms with van der Waals surface area (Å²) in [5, 5.41) is 0. The molecule has 0 fully saturated rings. The third-order valence-corrected chi connectivity index (χ3v) is 2.25. The summed E-state index contributed by atoms with van der Waals surface area (Å²) in [5.74, 6) is 0.923. The third-order valence-electron chi connectivity index (χ3n) is 2.25. The van der Waals surface area contributed by atoms with Crippen LogP contribution < -0.4 is 9.47 Å². The summed E-state index contributed by atoms with van der Waals surface area (Å²) in [6.07, 6.45) is 0.393. The molecule has 0 amide bonds. The van der Waals surface area contributed by atoms with Crippen LogP contribution in [-0.4, -0.2) is 12.3 Å². The van der Waals surface area contributed by atoms with Crippen LogP contribution in [0.15, 0.2) is 86.3 Å². The number of carbonyl (C=O) groups excluding carboxylic acids is 2.